The third kappa shape index (κ3) is 4.22. The molecule has 0 spiro atoms. The number of benzene rings is 3. The first-order chi connectivity index (χ1) is 14.7. The molecule has 3 aromatic carbocycles. The molecule has 0 atom stereocenters. The van der Waals surface area contributed by atoms with Crippen molar-refractivity contribution in [2.24, 2.45) is 0 Å². The molecule has 0 bridgehead atoms. The number of hydrogen-bond donors (Lipinski definition) is 0. The van der Waals surface area contributed by atoms with Crippen molar-refractivity contribution in [3.8, 4) is 33.9 Å². The lowest BCUT2D eigenvalue weighted by Gasteiger charge is -2.10. The zero-order chi connectivity index (χ0) is 20.9. The van der Waals surface area contributed by atoms with Crippen LogP contribution in [-0.2, 0) is 0 Å². The first-order valence-electron chi connectivity index (χ1n) is 9.65. The van der Waals surface area contributed by atoms with E-state index in [2.05, 4.69) is 23.7 Å². The lowest BCUT2D eigenvalue weighted by atomic mass is 10.0. The maximum absolute atomic E-state index is 6.18. The molecule has 4 heteroatoms. The second kappa shape index (κ2) is 8.85. The zero-order valence-electron chi connectivity index (χ0n) is 16.6. The molecule has 1 aromatic heterocycles. The molecule has 3 nitrogen and oxygen atoms in total. The molecule has 0 fully saturated rings. The number of aromatic nitrogens is 3. The van der Waals surface area contributed by atoms with Gasteiger partial charge in [0, 0.05) is 21.7 Å². The molecule has 0 saturated carbocycles. The number of allylic oxidation sites excluding steroid dienone is 3. The van der Waals surface area contributed by atoms with Crippen molar-refractivity contribution in [2.75, 3.05) is 0 Å². The van der Waals surface area contributed by atoms with Crippen molar-refractivity contribution >= 4 is 17.2 Å². The summed E-state index contributed by atoms with van der Waals surface area (Å²) in [4.78, 5) is 14.2. The van der Waals surface area contributed by atoms with Crippen molar-refractivity contribution in [3.63, 3.8) is 0 Å². The Kier molecular flexibility index (Phi) is 5.82. The molecule has 4 rings (SSSR count). The van der Waals surface area contributed by atoms with Crippen LogP contribution >= 0.6 is 11.6 Å². The lowest BCUT2D eigenvalue weighted by molar-refractivity contribution is 1.04. The molecule has 146 valence electrons. The van der Waals surface area contributed by atoms with Gasteiger partial charge in [0.1, 0.15) is 0 Å². The second-order valence-electron chi connectivity index (χ2n) is 6.71. The highest BCUT2D eigenvalue weighted by molar-refractivity contribution is 6.30. The third-order valence-electron chi connectivity index (χ3n) is 4.74. The quantitative estimate of drug-likeness (QED) is 0.329. The van der Waals surface area contributed by atoms with E-state index in [1.165, 1.54) is 0 Å². The zero-order valence-corrected chi connectivity index (χ0v) is 17.3. The molecule has 1 heterocycles. The van der Waals surface area contributed by atoms with Crippen molar-refractivity contribution < 1.29 is 0 Å². The van der Waals surface area contributed by atoms with Gasteiger partial charge in [-0.1, -0.05) is 91.0 Å². The fourth-order valence-corrected chi connectivity index (χ4v) is 3.38. The van der Waals surface area contributed by atoms with Gasteiger partial charge in [-0.2, -0.15) is 0 Å². The van der Waals surface area contributed by atoms with Gasteiger partial charge in [0.25, 0.3) is 0 Å². The molecule has 0 aliphatic heterocycles. The molecule has 0 N–H and O–H groups in total. The fraction of sp³-hybridized carbons (Fsp3) is 0.0385. The summed E-state index contributed by atoms with van der Waals surface area (Å²) in [6, 6.07) is 25.8. The normalized spacial score (nSPS) is 11.3. The van der Waals surface area contributed by atoms with Crippen molar-refractivity contribution in [3.05, 3.63) is 108 Å². The van der Waals surface area contributed by atoms with Gasteiger partial charge in [-0.15, -0.1) is 0 Å². The highest BCUT2D eigenvalue weighted by atomic mass is 35.5. The average molecular weight is 410 g/mol. The van der Waals surface area contributed by atoms with Crippen LogP contribution in [0.25, 0.3) is 39.5 Å². The summed E-state index contributed by atoms with van der Waals surface area (Å²) in [6.45, 7) is 5.84. The highest BCUT2D eigenvalue weighted by Gasteiger charge is 2.12. The fourth-order valence-electron chi connectivity index (χ4n) is 3.19. The van der Waals surface area contributed by atoms with Gasteiger partial charge in [-0.05, 0) is 36.2 Å². The minimum absolute atomic E-state index is 0.601. The van der Waals surface area contributed by atoms with Crippen LogP contribution in [0.1, 0.15) is 12.7 Å². The Morgan fingerprint density at radius 3 is 2.00 bits per heavy atom. The molecular formula is C26H20ClN3. The van der Waals surface area contributed by atoms with Crippen LogP contribution < -0.4 is 0 Å². The smallest absolute Gasteiger partial charge is 0.164 e. The molecule has 0 amide bonds. The van der Waals surface area contributed by atoms with Gasteiger partial charge in [0.15, 0.2) is 17.5 Å². The molecule has 30 heavy (non-hydrogen) atoms. The number of halogens is 1. The first-order valence-corrected chi connectivity index (χ1v) is 10.0. The van der Waals surface area contributed by atoms with Crippen LogP contribution in [0.2, 0.25) is 5.02 Å². The van der Waals surface area contributed by atoms with E-state index < -0.39 is 0 Å². The minimum Gasteiger partial charge on any atom is -0.208 e. The highest BCUT2D eigenvalue weighted by Crippen LogP contribution is 2.28. The summed E-state index contributed by atoms with van der Waals surface area (Å²) >= 11 is 6.18. The van der Waals surface area contributed by atoms with Crippen LogP contribution in [0.4, 0.5) is 0 Å². The molecule has 0 radical (unpaired) electrons. The van der Waals surface area contributed by atoms with Crippen molar-refractivity contribution in [1.29, 1.82) is 0 Å². The number of hydrogen-bond acceptors (Lipinski definition) is 3. The molecule has 0 aliphatic rings. The van der Waals surface area contributed by atoms with Crippen LogP contribution in [0, 0.1) is 0 Å². The predicted molar refractivity (Wildman–Crippen MR) is 125 cm³/mol. The average Bonchev–Trinajstić information content (AvgIpc) is 2.80. The van der Waals surface area contributed by atoms with Gasteiger partial charge < -0.3 is 0 Å². The molecular weight excluding hydrogens is 390 g/mol. The van der Waals surface area contributed by atoms with E-state index in [0.717, 1.165) is 27.8 Å². The summed E-state index contributed by atoms with van der Waals surface area (Å²) in [5.41, 5.74) is 4.80. The van der Waals surface area contributed by atoms with Crippen LogP contribution in [-0.4, -0.2) is 15.0 Å². The Morgan fingerprint density at radius 1 is 0.733 bits per heavy atom. The monoisotopic (exact) mass is 409 g/mol. The SMILES string of the molecule is C=C/C(=C\C)c1nc(-c2ccccc2)nc(-c2cccc(-c3cccc(Cl)c3)c2)n1. The topological polar surface area (TPSA) is 38.7 Å². The standard InChI is InChI=1S/C26H20ClN3/c1-3-18(4-2)24-28-25(19-10-6-5-7-11-19)30-26(29-24)22-14-8-12-20(16-22)21-13-9-15-23(27)17-21/h3-17H,1H2,2H3/b18-4+. The maximum atomic E-state index is 6.18. The van der Waals surface area contributed by atoms with E-state index >= 15 is 0 Å². The lowest BCUT2D eigenvalue weighted by Crippen LogP contribution is -2.02. The Labute approximate surface area is 181 Å². The predicted octanol–water partition coefficient (Wildman–Crippen LogP) is 7.12. The Hall–Kier alpha value is -3.56. The molecule has 0 unspecified atom stereocenters. The Balaban J connectivity index is 1.87. The third-order valence-corrected chi connectivity index (χ3v) is 4.97. The van der Waals surface area contributed by atoms with Crippen molar-refractivity contribution in [1.82, 2.24) is 15.0 Å². The van der Waals surface area contributed by atoms with E-state index in [0.29, 0.717) is 22.5 Å². The molecule has 4 aromatic rings. The van der Waals surface area contributed by atoms with E-state index in [9.17, 15) is 0 Å². The summed E-state index contributed by atoms with van der Waals surface area (Å²) in [5.74, 6) is 1.85. The summed E-state index contributed by atoms with van der Waals surface area (Å²) in [7, 11) is 0. The van der Waals surface area contributed by atoms with Crippen LogP contribution in [0.5, 0.6) is 0 Å². The summed E-state index contributed by atoms with van der Waals surface area (Å²) in [5, 5.41) is 0.704. The van der Waals surface area contributed by atoms with Gasteiger partial charge in [-0.25, -0.2) is 15.0 Å². The first kappa shape index (κ1) is 19.7. The molecule has 0 aliphatic carbocycles. The number of rotatable bonds is 5. The van der Waals surface area contributed by atoms with Gasteiger partial charge in [0.2, 0.25) is 0 Å². The van der Waals surface area contributed by atoms with E-state index in [-0.39, 0.29) is 0 Å². The van der Waals surface area contributed by atoms with E-state index in [1.807, 2.05) is 79.7 Å². The van der Waals surface area contributed by atoms with Crippen LogP contribution in [0.3, 0.4) is 0 Å². The Morgan fingerprint density at radius 2 is 1.33 bits per heavy atom. The van der Waals surface area contributed by atoms with Gasteiger partial charge in [0.05, 0.1) is 0 Å². The number of nitrogens with zero attached hydrogens (tertiary/aromatic N) is 3. The minimum atomic E-state index is 0.601. The maximum Gasteiger partial charge on any atom is 0.164 e. The van der Waals surface area contributed by atoms with Gasteiger partial charge >= 0.3 is 0 Å². The van der Waals surface area contributed by atoms with E-state index in [4.69, 9.17) is 21.6 Å². The Bertz CT molecular complexity index is 1230. The van der Waals surface area contributed by atoms with E-state index in [1.54, 1.807) is 6.08 Å². The largest absolute Gasteiger partial charge is 0.208 e. The van der Waals surface area contributed by atoms with Crippen molar-refractivity contribution in [2.45, 2.75) is 6.92 Å². The van der Waals surface area contributed by atoms with Crippen LogP contribution in [0.15, 0.2) is 97.6 Å². The van der Waals surface area contributed by atoms with Gasteiger partial charge in [-0.3, -0.25) is 0 Å². The summed E-state index contributed by atoms with van der Waals surface area (Å²) in [6.07, 6.45) is 3.71. The summed E-state index contributed by atoms with van der Waals surface area (Å²) < 4.78 is 0. The second-order valence-corrected chi connectivity index (χ2v) is 7.15. The molecule has 0 saturated heterocycles.